The van der Waals surface area contributed by atoms with Crippen LogP contribution in [0.2, 0.25) is 0 Å². The second kappa shape index (κ2) is 4.93. The fourth-order valence-corrected chi connectivity index (χ4v) is 1.55. The summed E-state index contributed by atoms with van der Waals surface area (Å²) in [7, 11) is 2.68. The molecule has 0 bridgehead atoms. The normalized spacial score (nSPS) is 9.53. The number of carbonyl (C=O) groups is 2. The van der Waals surface area contributed by atoms with Crippen molar-refractivity contribution in [2.75, 3.05) is 14.2 Å². The van der Waals surface area contributed by atoms with Gasteiger partial charge in [0.15, 0.2) is 0 Å². The lowest BCUT2D eigenvalue weighted by molar-refractivity contribution is -0.135. The molecule has 1 aromatic rings. The summed E-state index contributed by atoms with van der Waals surface area (Å²) in [6, 6.07) is 4.71. The van der Waals surface area contributed by atoms with Gasteiger partial charge in [0.25, 0.3) is 5.78 Å². The van der Waals surface area contributed by atoms with Crippen LogP contribution in [-0.4, -0.2) is 26.0 Å². The van der Waals surface area contributed by atoms with Crippen molar-refractivity contribution in [3.05, 3.63) is 28.2 Å². The number of ketones is 1. The first-order chi connectivity index (χ1) is 7.10. The summed E-state index contributed by atoms with van der Waals surface area (Å²) in [6.45, 7) is 0. The van der Waals surface area contributed by atoms with Gasteiger partial charge in [-0.15, -0.1) is 0 Å². The van der Waals surface area contributed by atoms with Crippen LogP contribution >= 0.6 is 15.9 Å². The van der Waals surface area contributed by atoms with Crippen LogP contribution in [0.5, 0.6) is 5.75 Å². The average molecular weight is 273 g/mol. The molecule has 4 nitrogen and oxygen atoms in total. The Labute approximate surface area is 95.3 Å². The third-order valence-electron chi connectivity index (χ3n) is 1.79. The number of methoxy groups -OCH3 is 2. The van der Waals surface area contributed by atoms with Crippen LogP contribution in [0.1, 0.15) is 10.4 Å². The zero-order chi connectivity index (χ0) is 11.4. The molecule has 0 aliphatic carbocycles. The fraction of sp³-hybridized carbons (Fsp3) is 0.200. The summed E-state index contributed by atoms with van der Waals surface area (Å²) in [4.78, 5) is 22.4. The molecule has 1 rings (SSSR count). The largest absolute Gasteiger partial charge is 0.497 e. The van der Waals surface area contributed by atoms with Crippen LogP contribution in [0.25, 0.3) is 0 Å². The van der Waals surface area contributed by atoms with Gasteiger partial charge in [-0.25, -0.2) is 4.79 Å². The van der Waals surface area contributed by atoms with Crippen molar-refractivity contribution in [1.29, 1.82) is 0 Å². The number of Topliss-reactive ketones (excluding diaryl/α,β-unsaturated/α-hetero) is 1. The number of esters is 1. The number of ether oxygens (including phenoxy) is 2. The van der Waals surface area contributed by atoms with E-state index < -0.39 is 11.8 Å². The molecule has 0 atom stereocenters. The zero-order valence-corrected chi connectivity index (χ0v) is 9.83. The highest BCUT2D eigenvalue weighted by molar-refractivity contribution is 9.10. The van der Waals surface area contributed by atoms with E-state index in [0.717, 1.165) is 7.11 Å². The van der Waals surface area contributed by atoms with E-state index in [9.17, 15) is 9.59 Å². The van der Waals surface area contributed by atoms with Gasteiger partial charge in [-0.2, -0.15) is 0 Å². The van der Waals surface area contributed by atoms with E-state index in [1.54, 1.807) is 12.1 Å². The number of hydrogen-bond donors (Lipinski definition) is 0. The molecule has 0 saturated heterocycles. The van der Waals surface area contributed by atoms with Gasteiger partial charge in [0.2, 0.25) is 0 Å². The molecular weight excluding hydrogens is 264 g/mol. The maximum Gasteiger partial charge on any atom is 0.379 e. The molecule has 0 aliphatic heterocycles. The number of halogens is 1. The summed E-state index contributed by atoms with van der Waals surface area (Å²) in [5.41, 5.74) is 0.252. The van der Waals surface area contributed by atoms with Crippen LogP contribution < -0.4 is 4.74 Å². The molecule has 0 fully saturated rings. The Bertz CT molecular complexity index is 400. The second-order valence-corrected chi connectivity index (χ2v) is 3.52. The van der Waals surface area contributed by atoms with Crippen molar-refractivity contribution in [3.8, 4) is 5.75 Å². The van der Waals surface area contributed by atoms with Gasteiger partial charge >= 0.3 is 5.97 Å². The lowest BCUT2D eigenvalue weighted by atomic mass is 10.1. The maximum atomic E-state index is 11.5. The third kappa shape index (κ3) is 2.56. The van der Waals surface area contributed by atoms with Gasteiger partial charge in [-0.3, -0.25) is 4.79 Å². The first-order valence-corrected chi connectivity index (χ1v) is 4.85. The van der Waals surface area contributed by atoms with Crippen LogP contribution in [0.3, 0.4) is 0 Å². The Morgan fingerprint density at radius 3 is 2.40 bits per heavy atom. The van der Waals surface area contributed by atoms with E-state index in [1.165, 1.54) is 13.2 Å². The minimum Gasteiger partial charge on any atom is -0.497 e. The Balaban J connectivity index is 3.06. The monoisotopic (exact) mass is 272 g/mol. The molecule has 1 aromatic carbocycles. The highest BCUT2D eigenvalue weighted by atomic mass is 79.9. The lowest BCUT2D eigenvalue weighted by Gasteiger charge is -2.04. The van der Waals surface area contributed by atoms with Crippen molar-refractivity contribution >= 4 is 27.7 Å². The van der Waals surface area contributed by atoms with Crippen LogP contribution in [0.15, 0.2) is 22.7 Å². The van der Waals surface area contributed by atoms with Crippen molar-refractivity contribution < 1.29 is 19.1 Å². The molecule has 15 heavy (non-hydrogen) atoms. The second-order valence-electron chi connectivity index (χ2n) is 2.67. The maximum absolute atomic E-state index is 11.5. The summed E-state index contributed by atoms with van der Waals surface area (Å²) in [5, 5.41) is 0. The molecular formula is C10H9BrO4. The van der Waals surface area contributed by atoms with Crippen molar-refractivity contribution in [2.45, 2.75) is 0 Å². The van der Waals surface area contributed by atoms with Crippen LogP contribution in [0.4, 0.5) is 0 Å². The summed E-state index contributed by atoms with van der Waals surface area (Å²) >= 11 is 3.18. The van der Waals surface area contributed by atoms with Gasteiger partial charge in [0, 0.05) is 10.0 Å². The number of carbonyl (C=O) groups excluding carboxylic acids is 2. The minimum atomic E-state index is -0.888. The predicted molar refractivity (Wildman–Crippen MR) is 57.0 cm³/mol. The van der Waals surface area contributed by atoms with Crippen LogP contribution in [0, 0.1) is 0 Å². The smallest absolute Gasteiger partial charge is 0.379 e. The van der Waals surface area contributed by atoms with Crippen molar-refractivity contribution in [2.24, 2.45) is 0 Å². The van der Waals surface area contributed by atoms with Gasteiger partial charge in [-0.05, 0) is 34.1 Å². The molecule has 0 aromatic heterocycles. The van der Waals surface area contributed by atoms with E-state index in [2.05, 4.69) is 20.7 Å². The van der Waals surface area contributed by atoms with E-state index in [-0.39, 0.29) is 5.56 Å². The van der Waals surface area contributed by atoms with Gasteiger partial charge < -0.3 is 9.47 Å². The van der Waals surface area contributed by atoms with Crippen molar-refractivity contribution in [1.82, 2.24) is 0 Å². The Kier molecular flexibility index (Phi) is 3.85. The number of hydrogen-bond acceptors (Lipinski definition) is 4. The van der Waals surface area contributed by atoms with Crippen LogP contribution in [-0.2, 0) is 9.53 Å². The Morgan fingerprint density at radius 1 is 1.27 bits per heavy atom. The van der Waals surface area contributed by atoms with Gasteiger partial charge in [0.05, 0.1) is 14.2 Å². The van der Waals surface area contributed by atoms with E-state index >= 15 is 0 Å². The molecule has 0 N–H and O–H groups in total. The quantitative estimate of drug-likeness (QED) is 0.479. The Morgan fingerprint density at radius 2 is 1.93 bits per heavy atom. The highest BCUT2D eigenvalue weighted by Gasteiger charge is 2.19. The standard InChI is InChI=1S/C10H9BrO4/c1-14-6-3-4-7(8(11)5-6)9(12)10(13)15-2/h3-5H,1-2H3. The first-order valence-electron chi connectivity index (χ1n) is 4.06. The molecule has 0 radical (unpaired) electrons. The van der Waals surface area contributed by atoms with E-state index in [4.69, 9.17) is 4.74 Å². The first kappa shape index (κ1) is 11.7. The zero-order valence-electron chi connectivity index (χ0n) is 8.24. The predicted octanol–water partition coefficient (Wildman–Crippen LogP) is 1.81. The van der Waals surface area contributed by atoms with Crippen molar-refractivity contribution in [3.63, 3.8) is 0 Å². The highest BCUT2D eigenvalue weighted by Crippen LogP contribution is 2.23. The SMILES string of the molecule is COC(=O)C(=O)c1ccc(OC)cc1Br. The molecule has 0 amide bonds. The summed E-state index contributed by atoms with van der Waals surface area (Å²) in [5.74, 6) is -0.976. The third-order valence-corrected chi connectivity index (χ3v) is 2.45. The minimum absolute atomic E-state index is 0.252. The summed E-state index contributed by atoms with van der Waals surface area (Å²) < 4.78 is 9.79. The molecule has 5 heteroatoms. The van der Waals surface area contributed by atoms with E-state index in [1.807, 2.05) is 0 Å². The lowest BCUT2D eigenvalue weighted by Crippen LogP contribution is -2.16. The van der Waals surface area contributed by atoms with Gasteiger partial charge in [0.1, 0.15) is 5.75 Å². The molecule has 80 valence electrons. The fourth-order valence-electron chi connectivity index (χ4n) is 1.01. The van der Waals surface area contributed by atoms with Gasteiger partial charge in [-0.1, -0.05) is 0 Å². The topological polar surface area (TPSA) is 52.6 Å². The summed E-state index contributed by atoms with van der Waals surface area (Å²) in [6.07, 6.45) is 0. The number of benzene rings is 1. The molecule has 0 aliphatic rings. The number of rotatable bonds is 3. The molecule has 0 spiro atoms. The Hall–Kier alpha value is -1.36. The average Bonchev–Trinajstić information content (AvgIpc) is 2.26. The van der Waals surface area contributed by atoms with E-state index in [0.29, 0.717) is 10.2 Å². The molecule has 0 heterocycles. The molecule has 0 unspecified atom stereocenters. The molecule has 0 saturated carbocycles.